The quantitative estimate of drug-likeness (QED) is 0.380. The molecule has 2 aromatic carbocycles. The molecule has 0 spiro atoms. The number of anilines is 1. The van der Waals surface area contributed by atoms with Gasteiger partial charge in [-0.25, -0.2) is 14.2 Å². The Labute approximate surface area is 194 Å². The van der Waals surface area contributed by atoms with Crippen LogP contribution in [-0.2, 0) is 11.3 Å². The van der Waals surface area contributed by atoms with Gasteiger partial charge in [0.15, 0.2) is 10.7 Å². The van der Waals surface area contributed by atoms with Gasteiger partial charge in [-0.1, -0.05) is 43.4 Å². The number of hydrogen-bond acceptors (Lipinski definition) is 6. The van der Waals surface area contributed by atoms with E-state index in [4.69, 9.17) is 4.42 Å². The highest BCUT2D eigenvalue weighted by Crippen LogP contribution is 2.30. The second-order valence-electron chi connectivity index (χ2n) is 7.08. The fraction of sp³-hybridized carbons (Fsp3) is 0.318. The number of thiazole rings is 1. The molecule has 0 aliphatic carbocycles. The second-order valence-corrected chi connectivity index (χ2v) is 8.09. The predicted molar refractivity (Wildman–Crippen MR) is 127 cm³/mol. The highest BCUT2D eigenvalue weighted by atomic mass is 35.5. The number of oxazole rings is 1. The van der Waals surface area contributed by atoms with E-state index in [1.54, 1.807) is 36.4 Å². The van der Waals surface area contributed by atoms with Gasteiger partial charge >= 0.3 is 5.76 Å². The maximum Gasteiger partial charge on any atom is 0.420 e. The van der Waals surface area contributed by atoms with Crippen molar-refractivity contribution in [3.63, 3.8) is 0 Å². The first kappa shape index (κ1) is 23.9. The summed E-state index contributed by atoms with van der Waals surface area (Å²) in [6, 6.07) is 11.7. The number of fused-ring (bicyclic) bond motifs is 2. The lowest BCUT2D eigenvalue weighted by atomic mass is 10.3. The van der Waals surface area contributed by atoms with Crippen LogP contribution in [0.4, 0.5) is 9.52 Å². The third kappa shape index (κ3) is 4.69. The molecule has 4 aromatic rings. The van der Waals surface area contributed by atoms with Crippen molar-refractivity contribution in [2.75, 3.05) is 31.1 Å². The molecule has 1 amide bonds. The van der Waals surface area contributed by atoms with Crippen LogP contribution in [0.25, 0.3) is 21.3 Å². The van der Waals surface area contributed by atoms with Crippen molar-refractivity contribution < 1.29 is 13.6 Å². The van der Waals surface area contributed by atoms with Crippen molar-refractivity contribution in [2.24, 2.45) is 0 Å². The van der Waals surface area contributed by atoms with Crippen molar-refractivity contribution in [1.82, 2.24) is 14.5 Å². The molecular weight excluding hydrogens is 455 g/mol. The zero-order chi connectivity index (χ0) is 22.0. The lowest BCUT2D eigenvalue weighted by Crippen LogP contribution is -2.41. The number of carbonyl (C=O) groups is 1. The number of halogens is 2. The Bertz CT molecular complexity index is 1280. The van der Waals surface area contributed by atoms with Crippen molar-refractivity contribution in [1.29, 1.82) is 0 Å². The Hall–Kier alpha value is -2.75. The van der Waals surface area contributed by atoms with Gasteiger partial charge in [0.05, 0.1) is 10.2 Å². The summed E-state index contributed by atoms with van der Waals surface area (Å²) < 4.78 is 21.4. The Kier molecular flexibility index (Phi) is 7.65. The van der Waals surface area contributed by atoms with Gasteiger partial charge in [-0.3, -0.25) is 14.3 Å². The van der Waals surface area contributed by atoms with E-state index in [1.807, 2.05) is 0 Å². The topological polar surface area (TPSA) is 71.6 Å². The van der Waals surface area contributed by atoms with Crippen molar-refractivity contribution in [3.05, 3.63) is 58.8 Å². The van der Waals surface area contributed by atoms with Crippen LogP contribution in [0.2, 0.25) is 0 Å². The number of carbonyl (C=O) groups excluding carboxylic acids is 1. The average Bonchev–Trinajstić information content (AvgIpc) is 3.33. The van der Waals surface area contributed by atoms with Crippen LogP contribution < -0.4 is 10.7 Å². The molecular formula is C22H24ClFN4O3S. The van der Waals surface area contributed by atoms with Gasteiger partial charge in [-0.15, -0.1) is 12.4 Å². The summed E-state index contributed by atoms with van der Waals surface area (Å²) in [5, 5.41) is 0.415. The summed E-state index contributed by atoms with van der Waals surface area (Å²) in [6.45, 7) is 6.63. The lowest BCUT2D eigenvalue weighted by molar-refractivity contribution is -0.119. The number of benzene rings is 2. The molecule has 10 heteroatoms. The van der Waals surface area contributed by atoms with E-state index in [0.717, 1.165) is 13.1 Å². The fourth-order valence-electron chi connectivity index (χ4n) is 3.51. The maximum atomic E-state index is 14.2. The largest absolute Gasteiger partial charge is 0.420 e. The van der Waals surface area contributed by atoms with E-state index in [1.165, 1.54) is 26.9 Å². The van der Waals surface area contributed by atoms with Crippen LogP contribution in [0.15, 0.2) is 51.7 Å². The fourth-order valence-corrected chi connectivity index (χ4v) is 4.53. The minimum absolute atomic E-state index is 0. The van der Waals surface area contributed by atoms with Crippen molar-refractivity contribution in [2.45, 2.75) is 20.4 Å². The van der Waals surface area contributed by atoms with E-state index >= 15 is 0 Å². The van der Waals surface area contributed by atoms with E-state index in [2.05, 4.69) is 23.7 Å². The Balaban J connectivity index is 0.00000289. The van der Waals surface area contributed by atoms with E-state index in [0.29, 0.717) is 34.0 Å². The van der Waals surface area contributed by atoms with Gasteiger partial charge in [0.2, 0.25) is 5.91 Å². The van der Waals surface area contributed by atoms with Crippen LogP contribution >= 0.6 is 23.7 Å². The van der Waals surface area contributed by atoms with Crippen LogP contribution in [0, 0.1) is 5.82 Å². The normalized spacial score (nSPS) is 11.2. The predicted octanol–water partition coefficient (Wildman–Crippen LogP) is 4.14. The molecule has 2 aromatic heterocycles. The van der Waals surface area contributed by atoms with Crippen molar-refractivity contribution in [3.8, 4) is 0 Å². The third-order valence-corrected chi connectivity index (χ3v) is 6.34. The molecule has 0 aliphatic heterocycles. The smallest absolute Gasteiger partial charge is 0.408 e. The minimum atomic E-state index is -0.589. The van der Waals surface area contributed by atoms with Crippen LogP contribution in [0.1, 0.15) is 13.8 Å². The number of para-hydroxylation sites is 3. The number of hydrogen-bond donors (Lipinski definition) is 0. The molecule has 2 heterocycles. The minimum Gasteiger partial charge on any atom is -0.408 e. The highest BCUT2D eigenvalue weighted by molar-refractivity contribution is 7.22. The number of amides is 1. The molecule has 0 aliphatic rings. The molecule has 0 bridgehead atoms. The highest BCUT2D eigenvalue weighted by Gasteiger charge is 2.23. The zero-order valence-corrected chi connectivity index (χ0v) is 19.4. The van der Waals surface area contributed by atoms with Gasteiger partial charge in [0.25, 0.3) is 0 Å². The summed E-state index contributed by atoms with van der Waals surface area (Å²) in [5.41, 5.74) is 1.23. The first-order valence-electron chi connectivity index (χ1n) is 10.2. The molecule has 170 valence electrons. The maximum absolute atomic E-state index is 14.2. The molecule has 0 saturated carbocycles. The Morgan fingerprint density at radius 3 is 2.59 bits per heavy atom. The first-order chi connectivity index (χ1) is 15.0. The van der Waals surface area contributed by atoms with Gasteiger partial charge in [0.1, 0.15) is 17.9 Å². The lowest BCUT2D eigenvalue weighted by Gasteiger charge is -2.24. The van der Waals surface area contributed by atoms with Crippen molar-refractivity contribution >= 4 is 56.1 Å². The molecule has 7 nitrogen and oxygen atoms in total. The number of aromatic nitrogens is 2. The SMILES string of the molecule is CCN(CC)CCN(C(=O)Cn1c(=O)oc2ccccc21)c1nc2c(F)cccc2s1.Cl. The Morgan fingerprint density at radius 2 is 1.88 bits per heavy atom. The summed E-state index contributed by atoms with van der Waals surface area (Å²) in [5.74, 6) is -1.32. The van der Waals surface area contributed by atoms with Gasteiger partial charge < -0.3 is 9.32 Å². The summed E-state index contributed by atoms with van der Waals surface area (Å²) in [4.78, 5) is 33.8. The first-order valence-corrected chi connectivity index (χ1v) is 11.0. The number of nitrogens with zero attached hydrogens (tertiary/aromatic N) is 4. The van der Waals surface area contributed by atoms with Crippen LogP contribution in [0.5, 0.6) is 0 Å². The zero-order valence-electron chi connectivity index (χ0n) is 17.8. The third-order valence-electron chi connectivity index (χ3n) is 5.29. The molecule has 0 atom stereocenters. The average molecular weight is 479 g/mol. The van der Waals surface area contributed by atoms with E-state index in [-0.39, 0.29) is 30.4 Å². The second kappa shape index (κ2) is 10.2. The van der Waals surface area contributed by atoms with E-state index < -0.39 is 11.6 Å². The molecule has 0 radical (unpaired) electrons. The molecule has 4 rings (SSSR count). The molecule has 32 heavy (non-hydrogen) atoms. The number of rotatable bonds is 8. The summed E-state index contributed by atoms with van der Waals surface area (Å²) in [7, 11) is 0. The Morgan fingerprint density at radius 1 is 1.12 bits per heavy atom. The monoisotopic (exact) mass is 478 g/mol. The van der Waals surface area contributed by atoms with Crippen LogP contribution in [-0.4, -0.2) is 46.5 Å². The van der Waals surface area contributed by atoms with Gasteiger partial charge in [-0.2, -0.15) is 0 Å². The summed E-state index contributed by atoms with van der Waals surface area (Å²) >= 11 is 1.26. The molecule has 0 saturated heterocycles. The van der Waals surface area contributed by atoms with Gasteiger partial charge in [0, 0.05) is 13.1 Å². The van der Waals surface area contributed by atoms with Gasteiger partial charge in [-0.05, 0) is 37.4 Å². The summed E-state index contributed by atoms with van der Waals surface area (Å²) in [6.07, 6.45) is 0. The van der Waals surface area contributed by atoms with E-state index in [9.17, 15) is 14.0 Å². The molecule has 0 fully saturated rings. The standard InChI is InChI=1S/C22H23FN4O3S.ClH/c1-3-25(4-2)12-13-26(21-24-20-15(23)8-7-11-18(20)31-21)19(28)14-27-16-9-5-6-10-17(16)30-22(27)29;/h5-11H,3-4,12-14H2,1-2H3;1H. The molecule has 0 unspecified atom stereocenters. The molecule has 0 N–H and O–H groups in total. The number of likely N-dealkylation sites (N-methyl/N-ethyl adjacent to an activating group) is 1. The van der Waals surface area contributed by atoms with Crippen LogP contribution in [0.3, 0.4) is 0 Å².